The van der Waals surface area contributed by atoms with Crippen molar-refractivity contribution < 1.29 is 14.1 Å². The van der Waals surface area contributed by atoms with Gasteiger partial charge in [0, 0.05) is 37.3 Å². The molecule has 0 saturated carbocycles. The van der Waals surface area contributed by atoms with Crippen LogP contribution in [0.3, 0.4) is 0 Å². The van der Waals surface area contributed by atoms with Gasteiger partial charge in [0.05, 0.1) is 13.2 Å². The van der Waals surface area contributed by atoms with E-state index in [0.717, 1.165) is 11.5 Å². The molecule has 0 radical (unpaired) electrons. The van der Waals surface area contributed by atoms with Crippen LogP contribution >= 0.6 is 11.6 Å². The molecule has 0 spiro atoms. The Hall–Kier alpha value is -1.86. The number of halogens is 1. The van der Waals surface area contributed by atoms with Crippen molar-refractivity contribution in [1.82, 2.24) is 20.0 Å². The number of carbonyl (C=O) groups is 1. The predicted octanol–water partition coefficient (Wildman–Crippen LogP) is 1.89. The number of aromatic nitrogens is 3. The zero-order valence-corrected chi connectivity index (χ0v) is 13.0. The second kappa shape index (κ2) is 6.50. The number of H-pyrrole nitrogens is 1. The van der Waals surface area contributed by atoms with Gasteiger partial charge in [-0.15, -0.1) is 0 Å². The molecule has 22 heavy (non-hydrogen) atoms. The van der Waals surface area contributed by atoms with Gasteiger partial charge in [0.15, 0.2) is 5.15 Å². The lowest BCUT2D eigenvalue weighted by atomic mass is 10.2. The molecule has 0 bridgehead atoms. The highest BCUT2D eigenvalue weighted by molar-refractivity contribution is 6.29. The molecule has 7 nitrogen and oxygen atoms in total. The van der Waals surface area contributed by atoms with Gasteiger partial charge in [0.2, 0.25) is 5.91 Å². The molecule has 0 aromatic carbocycles. The number of aromatic amines is 1. The van der Waals surface area contributed by atoms with E-state index in [0.29, 0.717) is 43.5 Å². The highest BCUT2D eigenvalue weighted by atomic mass is 35.5. The van der Waals surface area contributed by atoms with Crippen LogP contribution in [0.15, 0.2) is 16.8 Å². The summed E-state index contributed by atoms with van der Waals surface area (Å²) in [6, 6.07) is 1.63. The highest BCUT2D eigenvalue weighted by Gasteiger charge is 2.27. The Balaban J connectivity index is 1.55. The summed E-state index contributed by atoms with van der Waals surface area (Å²) in [7, 11) is 0. The predicted molar refractivity (Wildman–Crippen MR) is 78.4 cm³/mol. The zero-order chi connectivity index (χ0) is 15.5. The standard InChI is InChI=1S/C14H17ClN4O3/c1-9-7-16-14(17-9)11-8-19(4-5-21-11)13(20)3-2-10-6-12(15)18-22-10/h6-7,11H,2-5,8H2,1H3,(H,16,17)/t11-/m1/s1. The van der Waals surface area contributed by atoms with Crippen molar-refractivity contribution in [2.75, 3.05) is 19.7 Å². The van der Waals surface area contributed by atoms with E-state index in [2.05, 4.69) is 15.1 Å². The fourth-order valence-electron chi connectivity index (χ4n) is 2.43. The fraction of sp³-hybridized carbons (Fsp3) is 0.500. The first-order valence-electron chi connectivity index (χ1n) is 7.14. The number of nitrogens with zero attached hydrogens (tertiary/aromatic N) is 3. The van der Waals surface area contributed by atoms with Crippen molar-refractivity contribution in [2.45, 2.75) is 25.9 Å². The average Bonchev–Trinajstić information content (AvgIpc) is 3.13. The second-order valence-electron chi connectivity index (χ2n) is 5.27. The SMILES string of the molecule is Cc1cnc([C@H]2CN(C(=O)CCc3cc(Cl)no3)CCO2)[nH]1. The molecule has 2 aromatic rings. The normalized spacial score (nSPS) is 18.6. The fourth-order valence-corrected chi connectivity index (χ4v) is 2.59. The molecule has 1 fully saturated rings. The third kappa shape index (κ3) is 3.48. The Morgan fingerprint density at radius 1 is 1.59 bits per heavy atom. The summed E-state index contributed by atoms with van der Waals surface area (Å²) in [5.74, 6) is 1.44. The van der Waals surface area contributed by atoms with Crippen molar-refractivity contribution in [3.05, 3.63) is 34.7 Å². The van der Waals surface area contributed by atoms with E-state index >= 15 is 0 Å². The van der Waals surface area contributed by atoms with Gasteiger partial charge in [-0.3, -0.25) is 4.79 Å². The minimum absolute atomic E-state index is 0.0594. The van der Waals surface area contributed by atoms with Gasteiger partial charge < -0.3 is 19.1 Å². The number of amides is 1. The van der Waals surface area contributed by atoms with Gasteiger partial charge in [0.1, 0.15) is 17.7 Å². The molecule has 1 aliphatic rings. The summed E-state index contributed by atoms with van der Waals surface area (Å²) in [4.78, 5) is 21.5. The molecule has 2 aromatic heterocycles. The van der Waals surface area contributed by atoms with E-state index in [9.17, 15) is 4.79 Å². The smallest absolute Gasteiger partial charge is 0.223 e. The Labute approximate surface area is 132 Å². The molecule has 0 unspecified atom stereocenters. The largest absolute Gasteiger partial charge is 0.367 e. The maximum Gasteiger partial charge on any atom is 0.223 e. The van der Waals surface area contributed by atoms with Gasteiger partial charge in [-0.2, -0.15) is 0 Å². The molecule has 3 heterocycles. The molecule has 3 rings (SSSR count). The number of hydrogen-bond donors (Lipinski definition) is 1. The van der Waals surface area contributed by atoms with Crippen LogP contribution in [0, 0.1) is 6.92 Å². The molecule has 1 amide bonds. The Morgan fingerprint density at radius 3 is 3.14 bits per heavy atom. The van der Waals surface area contributed by atoms with E-state index in [1.165, 1.54) is 0 Å². The minimum Gasteiger partial charge on any atom is -0.367 e. The van der Waals surface area contributed by atoms with E-state index < -0.39 is 0 Å². The van der Waals surface area contributed by atoms with Gasteiger partial charge in [-0.05, 0) is 6.92 Å². The third-order valence-electron chi connectivity index (χ3n) is 3.56. The number of carbonyl (C=O) groups excluding carboxylic acids is 1. The summed E-state index contributed by atoms with van der Waals surface area (Å²) in [6.45, 7) is 3.53. The third-order valence-corrected chi connectivity index (χ3v) is 3.74. The van der Waals surface area contributed by atoms with Crippen LogP contribution in [-0.4, -0.2) is 45.6 Å². The van der Waals surface area contributed by atoms with Gasteiger partial charge >= 0.3 is 0 Å². The number of ether oxygens (including phenoxy) is 1. The van der Waals surface area contributed by atoms with Crippen LogP contribution in [0.1, 0.15) is 29.8 Å². The van der Waals surface area contributed by atoms with Crippen molar-refractivity contribution in [1.29, 1.82) is 0 Å². The molecule has 1 aliphatic heterocycles. The lowest BCUT2D eigenvalue weighted by Crippen LogP contribution is -2.42. The lowest BCUT2D eigenvalue weighted by Gasteiger charge is -2.32. The number of rotatable bonds is 4. The lowest BCUT2D eigenvalue weighted by molar-refractivity contribution is -0.139. The zero-order valence-electron chi connectivity index (χ0n) is 12.2. The number of morpholine rings is 1. The highest BCUT2D eigenvalue weighted by Crippen LogP contribution is 2.20. The summed E-state index contributed by atoms with van der Waals surface area (Å²) in [6.07, 6.45) is 2.40. The number of hydrogen-bond acceptors (Lipinski definition) is 5. The number of imidazole rings is 1. The summed E-state index contributed by atoms with van der Waals surface area (Å²) in [5, 5.41) is 3.90. The first-order chi connectivity index (χ1) is 10.6. The van der Waals surface area contributed by atoms with Crippen molar-refractivity contribution in [2.24, 2.45) is 0 Å². The monoisotopic (exact) mass is 324 g/mol. The molecular weight excluding hydrogens is 308 g/mol. The van der Waals surface area contributed by atoms with Gasteiger partial charge in [-0.25, -0.2) is 4.98 Å². The molecular formula is C14H17ClN4O3. The van der Waals surface area contributed by atoms with Crippen molar-refractivity contribution >= 4 is 17.5 Å². The second-order valence-corrected chi connectivity index (χ2v) is 5.65. The maximum absolute atomic E-state index is 12.3. The number of aryl methyl sites for hydroxylation is 2. The Morgan fingerprint density at radius 2 is 2.45 bits per heavy atom. The minimum atomic E-state index is -0.203. The van der Waals surface area contributed by atoms with Crippen LogP contribution < -0.4 is 0 Å². The first kappa shape index (κ1) is 15.1. The van der Waals surface area contributed by atoms with Crippen LogP contribution in [-0.2, 0) is 16.0 Å². The quantitative estimate of drug-likeness (QED) is 0.928. The summed E-state index contributed by atoms with van der Waals surface area (Å²) < 4.78 is 10.7. The molecule has 1 atom stereocenters. The van der Waals surface area contributed by atoms with Crippen LogP contribution in [0.5, 0.6) is 0 Å². The Bertz CT molecular complexity index is 654. The van der Waals surface area contributed by atoms with E-state index in [4.69, 9.17) is 20.9 Å². The molecule has 8 heteroatoms. The van der Waals surface area contributed by atoms with E-state index in [1.807, 2.05) is 6.92 Å². The maximum atomic E-state index is 12.3. The molecule has 1 N–H and O–H groups in total. The first-order valence-corrected chi connectivity index (χ1v) is 7.51. The van der Waals surface area contributed by atoms with Crippen LogP contribution in [0.25, 0.3) is 0 Å². The summed E-state index contributed by atoms with van der Waals surface area (Å²) >= 11 is 5.69. The van der Waals surface area contributed by atoms with Crippen molar-refractivity contribution in [3.63, 3.8) is 0 Å². The summed E-state index contributed by atoms with van der Waals surface area (Å²) in [5.41, 5.74) is 0.976. The van der Waals surface area contributed by atoms with E-state index in [-0.39, 0.29) is 12.0 Å². The van der Waals surface area contributed by atoms with Crippen molar-refractivity contribution in [3.8, 4) is 0 Å². The molecule has 118 valence electrons. The molecule has 1 saturated heterocycles. The topological polar surface area (TPSA) is 84.2 Å². The number of nitrogens with one attached hydrogen (secondary N) is 1. The van der Waals surface area contributed by atoms with Crippen LogP contribution in [0.2, 0.25) is 5.15 Å². The molecule has 0 aliphatic carbocycles. The van der Waals surface area contributed by atoms with E-state index in [1.54, 1.807) is 17.2 Å². The van der Waals surface area contributed by atoms with Gasteiger partial charge in [0.25, 0.3) is 0 Å². The van der Waals surface area contributed by atoms with Crippen LogP contribution in [0.4, 0.5) is 0 Å². The average molecular weight is 325 g/mol. The van der Waals surface area contributed by atoms with Gasteiger partial charge in [-0.1, -0.05) is 16.8 Å². The Kier molecular flexibility index (Phi) is 4.44.